The van der Waals surface area contributed by atoms with Crippen molar-refractivity contribution in [1.29, 1.82) is 0 Å². The number of fused-ring (bicyclic) bond motifs is 1. The number of aromatic nitrogens is 3. The van der Waals surface area contributed by atoms with Gasteiger partial charge < -0.3 is 5.32 Å². The summed E-state index contributed by atoms with van der Waals surface area (Å²) in [6.45, 7) is 0. The van der Waals surface area contributed by atoms with Crippen molar-refractivity contribution in [3.8, 4) is 11.1 Å². The highest BCUT2D eigenvalue weighted by Crippen LogP contribution is 2.28. The SMILES string of the molecule is CNC(=O)c1nn2cccnc2c1-c1ccc(Cl)cc1. The Morgan fingerprint density at radius 1 is 1.30 bits per heavy atom. The maximum Gasteiger partial charge on any atom is 0.272 e. The van der Waals surface area contributed by atoms with Gasteiger partial charge in [-0.25, -0.2) is 9.50 Å². The molecule has 2 aromatic heterocycles. The quantitative estimate of drug-likeness (QED) is 0.787. The van der Waals surface area contributed by atoms with Crippen LogP contribution in [-0.4, -0.2) is 27.6 Å². The number of nitrogens with one attached hydrogen (secondary N) is 1. The number of halogens is 1. The summed E-state index contributed by atoms with van der Waals surface area (Å²) >= 11 is 5.91. The molecule has 3 aromatic rings. The van der Waals surface area contributed by atoms with Gasteiger partial charge in [0.25, 0.3) is 5.91 Å². The number of amides is 1. The molecule has 2 heterocycles. The van der Waals surface area contributed by atoms with Gasteiger partial charge in [0.05, 0.1) is 5.56 Å². The van der Waals surface area contributed by atoms with Crippen LogP contribution in [0.25, 0.3) is 16.8 Å². The Hall–Kier alpha value is -2.40. The Kier molecular flexibility index (Phi) is 3.12. The van der Waals surface area contributed by atoms with Gasteiger partial charge in [-0.1, -0.05) is 23.7 Å². The normalized spacial score (nSPS) is 10.7. The average molecular weight is 287 g/mol. The Bertz CT molecular complexity index is 779. The molecule has 5 nitrogen and oxygen atoms in total. The summed E-state index contributed by atoms with van der Waals surface area (Å²) < 4.78 is 1.59. The molecular weight excluding hydrogens is 276 g/mol. The first-order valence-electron chi connectivity index (χ1n) is 6.02. The molecule has 0 radical (unpaired) electrons. The number of benzene rings is 1. The zero-order valence-corrected chi connectivity index (χ0v) is 11.4. The van der Waals surface area contributed by atoms with Crippen LogP contribution in [0.1, 0.15) is 10.5 Å². The molecule has 3 rings (SSSR count). The molecule has 0 saturated carbocycles. The maximum atomic E-state index is 12.0. The molecular formula is C14H11ClN4O. The Morgan fingerprint density at radius 3 is 2.75 bits per heavy atom. The zero-order valence-electron chi connectivity index (χ0n) is 10.7. The molecule has 20 heavy (non-hydrogen) atoms. The van der Waals surface area contributed by atoms with Crippen molar-refractivity contribution in [2.24, 2.45) is 0 Å². The summed E-state index contributed by atoms with van der Waals surface area (Å²) in [5, 5.41) is 7.53. The molecule has 0 spiro atoms. The second-order valence-corrected chi connectivity index (χ2v) is 4.63. The van der Waals surface area contributed by atoms with E-state index < -0.39 is 0 Å². The highest BCUT2D eigenvalue weighted by Gasteiger charge is 2.20. The van der Waals surface area contributed by atoms with Crippen LogP contribution in [-0.2, 0) is 0 Å². The van der Waals surface area contributed by atoms with E-state index in [0.29, 0.717) is 21.9 Å². The molecule has 0 unspecified atom stereocenters. The summed E-state index contributed by atoms with van der Waals surface area (Å²) in [5.74, 6) is -0.250. The van der Waals surface area contributed by atoms with Crippen molar-refractivity contribution in [1.82, 2.24) is 19.9 Å². The van der Waals surface area contributed by atoms with Crippen LogP contribution in [0.5, 0.6) is 0 Å². The molecule has 0 bridgehead atoms. The summed E-state index contributed by atoms with van der Waals surface area (Å²) in [5.41, 5.74) is 2.52. The fourth-order valence-corrected chi connectivity index (χ4v) is 2.17. The van der Waals surface area contributed by atoms with Crippen LogP contribution in [0.4, 0.5) is 0 Å². The minimum atomic E-state index is -0.250. The van der Waals surface area contributed by atoms with Crippen LogP contribution in [0, 0.1) is 0 Å². The largest absolute Gasteiger partial charge is 0.354 e. The van der Waals surface area contributed by atoms with Gasteiger partial charge in [0.2, 0.25) is 0 Å². The molecule has 0 aliphatic heterocycles. The van der Waals surface area contributed by atoms with Crippen molar-refractivity contribution < 1.29 is 4.79 Å². The summed E-state index contributed by atoms with van der Waals surface area (Å²) in [6.07, 6.45) is 3.43. The van der Waals surface area contributed by atoms with E-state index in [9.17, 15) is 4.79 Å². The zero-order chi connectivity index (χ0) is 14.1. The lowest BCUT2D eigenvalue weighted by Crippen LogP contribution is -2.19. The van der Waals surface area contributed by atoms with Crippen molar-refractivity contribution >= 4 is 23.2 Å². The van der Waals surface area contributed by atoms with E-state index in [1.165, 1.54) is 0 Å². The molecule has 6 heteroatoms. The first-order chi connectivity index (χ1) is 9.70. The third kappa shape index (κ3) is 2.02. The van der Waals surface area contributed by atoms with Crippen LogP contribution in [0.2, 0.25) is 5.02 Å². The smallest absolute Gasteiger partial charge is 0.272 e. The van der Waals surface area contributed by atoms with Crippen LogP contribution in [0.15, 0.2) is 42.7 Å². The molecule has 1 amide bonds. The van der Waals surface area contributed by atoms with Gasteiger partial charge in [0.1, 0.15) is 0 Å². The minimum Gasteiger partial charge on any atom is -0.354 e. The summed E-state index contributed by atoms with van der Waals surface area (Å²) in [6, 6.07) is 9.01. The van der Waals surface area contributed by atoms with E-state index in [1.807, 2.05) is 12.1 Å². The van der Waals surface area contributed by atoms with Crippen molar-refractivity contribution in [2.45, 2.75) is 0 Å². The number of rotatable bonds is 2. The van der Waals surface area contributed by atoms with Crippen LogP contribution < -0.4 is 5.32 Å². The predicted octanol–water partition coefficient (Wildman–Crippen LogP) is 2.41. The second kappa shape index (κ2) is 4.94. The Balaban J connectivity index is 2.31. The lowest BCUT2D eigenvalue weighted by atomic mass is 10.1. The van der Waals surface area contributed by atoms with Gasteiger partial charge in [-0.3, -0.25) is 4.79 Å². The monoisotopic (exact) mass is 286 g/mol. The third-order valence-electron chi connectivity index (χ3n) is 2.97. The number of hydrogen-bond acceptors (Lipinski definition) is 3. The number of carbonyl (C=O) groups excluding carboxylic acids is 1. The molecule has 0 aliphatic rings. The summed E-state index contributed by atoms with van der Waals surface area (Å²) in [4.78, 5) is 16.3. The fourth-order valence-electron chi connectivity index (χ4n) is 2.05. The Morgan fingerprint density at radius 2 is 2.05 bits per heavy atom. The van der Waals surface area contributed by atoms with Gasteiger partial charge in [-0.05, 0) is 23.8 Å². The van der Waals surface area contributed by atoms with Crippen LogP contribution >= 0.6 is 11.6 Å². The minimum absolute atomic E-state index is 0.250. The van der Waals surface area contributed by atoms with Crippen molar-refractivity contribution in [2.75, 3.05) is 7.05 Å². The highest BCUT2D eigenvalue weighted by atomic mass is 35.5. The lowest BCUT2D eigenvalue weighted by Gasteiger charge is -2.02. The van der Waals surface area contributed by atoms with E-state index in [2.05, 4.69) is 15.4 Å². The van der Waals surface area contributed by atoms with Gasteiger partial charge in [0, 0.05) is 24.5 Å². The van der Waals surface area contributed by atoms with Gasteiger partial charge in [0.15, 0.2) is 11.3 Å². The first-order valence-corrected chi connectivity index (χ1v) is 6.40. The van der Waals surface area contributed by atoms with E-state index in [0.717, 1.165) is 5.56 Å². The Labute approximate surface area is 120 Å². The van der Waals surface area contributed by atoms with Crippen molar-refractivity contribution in [3.63, 3.8) is 0 Å². The third-order valence-corrected chi connectivity index (χ3v) is 3.22. The first kappa shape index (κ1) is 12.6. The molecule has 1 aromatic carbocycles. The van der Waals surface area contributed by atoms with E-state index in [-0.39, 0.29) is 5.91 Å². The topological polar surface area (TPSA) is 59.3 Å². The van der Waals surface area contributed by atoms with Crippen molar-refractivity contribution in [3.05, 3.63) is 53.4 Å². The predicted molar refractivity (Wildman–Crippen MR) is 76.8 cm³/mol. The highest BCUT2D eigenvalue weighted by molar-refractivity contribution is 6.30. The number of carbonyl (C=O) groups is 1. The van der Waals surface area contributed by atoms with Gasteiger partial charge in [-0.2, -0.15) is 5.10 Å². The van der Waals surface area contributed by atoms with E-state index >= 15 is 0 Å². The van der Waals surface area contributed by atoms with E-state index in [4.69, 9.17) is 11.6 Å². The van der Waals surface area contributed by atoms with Gasteiger partial charge in [-0.15, -0.1) is 0 Å². The lowest BCUT2D eigenvalue weighted by molar-refractivity contribution is 0.0958. The van der Waals surface area contributed by atoms with E-state index in [1.54, 1.807) is 42.2 Å². The number of nitrogens with zero attached hydrogens (tertiary/aromatic N) is 3. The van der Waals surface area contributed by atoms with Gasteiger partial charge >= 0.3 is 0 Å². The molecule has 0 saturated heterocycles. The van der Waals surface area contributed by atoms with Crippen LogP contribution in [0.3, 0.4) is 0 Å². The molecule has 0 aliphatic carbocycles. The number of hydrogen-bond donors (Lipinski definition) is 1. The second-order valence-electron chi connectivity index (χ2n) is 4.20. The molecule has 1 N–H and O–H groups in total. The summed E-state index contributed by atoms with van der Waals surface area (Å²) in [7, 11) is 1.57. The molecule has 0 fully saturated rings. The maximum absolute atomic E-state index is 12.0. The molecule has 100 valence electrons. The standard InChI is InChI=1S/C14H11ClN4O/c1-16-14(20)12-11(9-3-5-10(15)6-4-9)13-17-7-2-8-19(13)18-12/h2-8H,1H3,(H,16,20). The fraction of sp³-hybridized carbons (Fsp3) is 0.0714. The molecule has 0 atom stereocenters. The average Bonchev–Trinajstić information content (AvgIpc) is 2.87.